The fourth-order valence-electron chi connectivity index (χ4n) is 5.36. The molecule has 216 valence electrons. The first kappa shape index (κ1) is 29.2. The first-order valence-electron chi connectivity index (χ1n) is 13.3. The van der Waals surface area contributed by atoms with Crippen molar-refractivity contribution in [1.82, 2.24) is 14.8 Å². The number of aliphatic carboxylic acids is 1. The molecule has 0 unspecified atom stereocenters. The molecule has 1 aromatic heterocycles. The second-order valence-corrected chi connectivity index (χ2v) is 10.3. The number of aromatic hydroxyl groups is 1. The number of hydrogen-bond acceptors (Lipinski definition) is 9. The SMILES string of the molecule is N#Cc1c(N)nc2c(c1N)Cc1cc(CN3CCCCC3)c(O)c(CN3CCCCC3)c1O2.O=C(O)C(F)(F)F. The predicted molar refractivity (Wildman–Crippen MR) is 141 cm³/mol. The van der Waals surface area contributed by atoms with Crippen LogP contribution in [-0.4, -0.2) is 63.3 Å². The zero-order chi connectivity index (χ0) is 29.0. The van der Waals surface area contributed by atoms with Crippen LogP contribution in [0.5, 0.6) is 17.4 Å². The number of carbonyl (C=O) groups is 1. The number of pyridine rings is 1. The molecule has 1 aromatic carbocycles. The summed E-state index contributed by atoms with van der Waals surface area (Å²) in [4.78, 5) is 18.0. The summed E-state index contributed by atoms with van der Waals surface area (Å²) in [5.74, 6) is -1.38. The number of ether oxygens (including phenoxy) is 1. The van der Waals surface area contributed by atoms with Crippen molar-refractivity contribution in [3.63, 3.8) is 0 Å². The molecule has 2 saturated heterocycles. The van der Waals surface area contributed by atoms with Gasteiger partial charge in [-0.1, -0.05) is 12.8 Å². The maximum atomic E-state index is 11.4. The molecule has 5 rings (SSSR count). The van der Waals surface area contributed by atoms with Crippen molar-refractivity contribution in [1.29, 1.82) is 5.26 Å². The number of nitriles is 1. The maximum Gasteiger partial charge on any atom is 0.490 e. The number of benzene rings is 1. The molecule has 40 heavy (non-hydrogen) atoms. The molecule has 13 heteroatoms. The number of nitrogens with zero attached hydrogens (tertiary/aromatic N) is 4. The lowest BCUT2D eigenvalue weighted by molar-refractivity contribution is -0.192. The smallest absolute Gasteiger partial charge is 0.490 e. The van der Waals surface area contributed by atoms with E-state index in [-0.39, 0.29) is 11.4 Å². The van der Waals surface area contributed by atoms with E-state index in [1.165, 1.54) is 38.5 Å². The highest BCUT2D eigenvalue weighted by Crippen LogP contribution is 2.46. The molecular weight excluding hydrogens is 529 g/mol. The minimum Gasteiger partial charge on any atom is -0.507 e. The molecule has 3 aliphatic heterocycles. The van der Waals surface area contributed by atoms with E-state index in [4.69, 9.17) is 26.1 Å². The van der Waals surface area contributed by atoms with Gasteiger partial charge in [-0.25, -0.2) is 4.79 Å². The Labute approximate surface area is 229 Å². The van der Waals surface area contributed by atoms with E-state index in [1.807, 2.05) is 6.07 Å². The molecule has 2 fully saturated rings. The van der Waals surface area contributed by atoms with Crippen molar-refractivity contribution >= 4 is 17.5 Å². The number of likely N-dealkylation sites (tertiary alicyclic amines) is 2. The maximum absolute atomic E-state index is 11.4. The van der Waals surface area contributed by atoms with Crippen molar-refractivity contribution in [2.45, 2.75) is 64.2 Å². The summed E-state index contributed by atoms with van der Waals surface area (Å²) in [6.07, 6.45) is 2.68. The number of piperidine rings is 2. The van der Waals surface area contributed by atoms with Gasteiger partial charge in [-0.2, -0.15) is 23.4 Å². The summed E-state index contributed by atoms with van der Waals surface area (Å²) in [6.45, 7) is 5.50. The van der Waals surface area contributed by atoms with Crippen LogP contribution in [0.2, 0.25) is 0 Å². The third-order valence-corrected chi connectivity index (χ3v) is 7.43. The lowest BCUT2D eigenvalue weighted by Gasteiger charge is -2.31. The van der Waals surface area contributed by atoms with Gasteiger partial charge in [0, 0.05) is 36.2 Å². The van der Waals surface area contributed by atoms with E-state index in [0.717, 1.165) is 49.4 Å². The number of phenolic OH excluding ortho intramolecular Hbond substituents is 1. The number of aromatic nitrogens is 1. The first-order chi connectivity index (χ1) is 19.0. The molecule has 0 amide bonds. The van der Waals surface area contributed by atoms with E-state index < -0.39 is 12.1 Å². The zero-order valence-corrected chi connectivity index (χ0v) is 22.1. The van der Waals surface area contributed by atoms with Crippen LogP contribution < -0.4 is 16.2 Å². The van der Waals surface area contributed by atoms with Gasteiger partial charge >= 0.3 is 12.1 Å². The monoisotopic (exact) mass is 562 g/mol. The molecule has 10 nitrogen and oxygen atoms in total. The quantitative estimate of drug-likeness (QED) is 0.364. The number of hydrogen-bond donors (Lipinski definition) is 4. The van der Waals surface area contributed by atoms with Crippen LogP contribution in [0.25, 0.3) is 0 Å². The highest BCUT2D eigenvalue weighted by Gasteiger charge is 2.38. The number of fused-ring (bicyclic) bond motifs is 2. The van der Waals surface area contributed by atoms with E-state index in [9.17, 15) is 23.5 Å². The van der Waals surface area contributed by atoms with Crippen molar-refractivity contribution in [2.24, 2.45) is 0 Å². The second kappa shape index (κ2) is 12.2. The van der Waals surface area contributed by atoms with Crippen molar-refractivity contribution in [3.05, 3.63) is 33.9 Å². The van der Waals surface area contributed by atoms with Gasteiger partial charge in [0.25, 0.3) is 0 Å². The molecule has 3 aliphatic rings. The number of carboxylic acid groups (broad SMARTS) is 1. The normalized spacial score (nSPS) is 17.4. The molecule has 6 N–H and O–H groups in total. The third-order valence-electron chi connectivity index (χ3n) is 7.43. The Balaban J connectivity index is 0.000000470. The molecule has 0 spiro atoms. The largest absolute Gasteiger partial charge is 0.507 e. The van der Waals surface area contributed by atoms with Crippen LogP contribution >= 0.6 is 0 Å². The van der Waals surface area contributed by atoms with Crippen LogP contribution in [0.4, 0.5) is 24.7 Å². The molecular formula is C27H33F3N6O4. The van der Waals surface area contributed by atoms with Crippen LogP contribution in [0.15, 0.2) is 6.07 Å². The number of nitrogen functional groups attached to an aromatic ring is 2. The predicted octanol–water partition coefficient (Wildman–Crippen LogP) is 4.12. The Morgan fingerprint density at radius 2 is 1.60 bits per heavy atom. The van der Waals surface area contributed by atoms with Crippen LogP contribution in [-0.2, 0) is 24.3 Å². The van der Waals surface area contributed by atoms with Gasteiger partial charge in [0.15, 0.2) is 0 Å². The summed E-state index contributed by atoms with van der Waals surface area (Å²) in [5.41, 5.74) is 16.2. The van der Waals surface area contributed by atoms with E-state index in [1.54, 1.807) is 0 Å². The fourth-order valence-corrected chi connectivity index (χ4v) is 5.36. The second-order valence-electron chi connectivity index (χ2n) is 10.3. The lowest BCUT2D eigenvalue weighted by Crippen LogP contribution is -2.30. The third kappa shape index (κ3) is 6.51. The van der Waals surface area contributed by atoms with Gasteiger partial charge in [0.2, 0.25) is 5.88 Å². The number of nitrogens with two attached hydrogens (primary N) is 2. The Morgan fingerprint density at radius 3 is 2.12 bits per heavy atom. The van der Waals surface area contributed by atoms with E-state index >= 15 is 0 Å². The highest BCUT2D eigenvalue weighted by atomic mass is 19.4. The summed E-state index contributed by atoms with van der Waals surface area (Å²) in [6, 6.07) is 4.10. The standard InChI is InChI=1S/C25H32N6O2.C2HF3O2/c26-13-19-21(27)18-12-16-11-17(14-30-7-3-1-4-8-30)22(32)20(15-31-9-5-2-6-10-31)23(16)33-25(18)29-24(19)28;3-2(4,5)1(6)7/h11,32H,1-10,12,14-15H2,(H4,27,28,29);(H,6,7). The number of alkyl halides is 3. The summed E-state index contributed by atoms with van der Waals surface area (Å²) in [7, 11) is 0. The van der Waals surface area contributed by atoms with Gasteiger partial charge < -0.3 is 26.4 Å². The number of phenols is 1. The number of rotatable bonds is 4. The van der Waals surface area contributed by atoms with Gasteiger partial charge in [0.05, 0.1) is 11.3 Å². The minimum absolute atomic E-state index is 0.0701. The number of anilines is 2. The molecule has 0 saturated carbocycles. The molecule has 0 atom stereocenters. The molecule has 0 radical (unpaired) electrons. The lowest BCUT2D eigenvalue weighted by atomic mass is 9.93. The van der Waals surface area contributed by atoms with Crippen LogP contribution in [0, 0.1) is 11.3 Å². The van der Waals surface area contributed by atoms with Crippen LogP contribution in [0.3, 0.4) is 0 Å². The average Bonchev–Trinajstić information content (AvgIpc) is 2.92. The Hall–Kier alpha value is -3.76. The van der Waals surface area contributed by atoms with Gasteiger partial charge in [-0.05, 0) is 57.9 Å². The van der Waals surface area contributed by atoms with Gasteiger partial charge in [-0.3, -0.25) is 9.80 Å². The molecule has 2 aromatic rings. The fraction of sp³-hybridized carbons (Fsp3) is 0.519. The number of carboxylic acids is 1. The summed E-state index contributed by atoms with van der Waals surface area (Å²) < 4.78 is 38.0. The summed E-state index contributed by atoms with van der Waals surface area (Å²) >= 11 is 0. The minimum atomic E-state index is -5.08. The Bertz CT molecular complexity index is 1300. The van der Waals surface area contributed by atoms with Gasteiger partial charge in [-0.15, -0.1) is 0 Å². The highest BCUT2D eigenvalue weighted by molar-refractivity contribution is 5.73. The van der Waals surface area contributed by atoms with Crippen molar-refractivity contribution in [2.75, 3.05) is 37.6 Å². The number of halogens is 3. The summed E-state index contributed by atoms with van der Waals surface area (Å²) in [5, 5.41) is 28.0. The molecule has 4 heterocycles. The van der Waals surface area contributed by atoms with Crippen molar-refractivity contribution < 1.29 is 32.9 Å². The van der Waals surface area contributed by atoms with Crippen LogP contribution in [0.1, 0.15) is 66.3 Å². The van der Waals surface area contributed by atoms with E-state index in [2.05, 4.69) is 20.9 Å². The molecule has 0 bridgehead atoms. The molecule has 0 aliphatic carbocycles. The van der Waals surface area contributed by atoms with E-state index in [0.29, 0.717) is 41.6 Å². The Kier molecular flexibility index (Phi) is 8.90. The Morgan fingerprint density at radius 1 is 1.05 bits per heavy atom. The zero-order valence-electron chi connectivity index (χ0n) is 22.1. The first-order valence-corrected chi connectivity index (χ1v) is 13.3. The average molecular weight is 563 g/mol. The van der Waals surface area contributed by atoms with Gasteiger partial charge in [0.1, 0.15) is 28.9 Å². The topological polar surface area (TPSA) is 162 Å². The van der Waals surface area contributed by atoms with Crippen molar-refractivity contribution in [3.8, 4) is 23.4 Å².